The number of amides is 3. The molecule has 0 aromatic carbocycles. The maximum absolute atomic E-state index is 13.0. The van der Waals surface area contributed by atoms with Crippen LogP contribution in [0.3, 0.4) is 0 Å². The van der Waals surface area contributed by atoms with Crippen LogP contribution < -0.4 is 16.4 Å². The first-order valence-electron chi connectivity index (χ1n) is 10.6. The van der Waals surface area contributed by atoms with Crippen LogP contribution in [0.5, 0.6) is 0 Å². The van der Waals surface area contributed by atoms with Crippen molar-refractivity contribution < 1.29 is 34.2 Å². The Morgan fingerprint density at radius 3 is 2.28 bits per heavy atom. The molecule has 1 heterocycles. The molecule has 1 rings (SSSR count). The van der Waals surface area contributed by atoms with E-state index < -0.39 is 53.8 Å². The van der Waals surface area contributed by atoms with E-state index in [1.54, 1.807) is 13.8 Å². The molecule has 182 valence electrons. The largest absolute Gasteiger partial charge is 0.481 e. The van der Waals surface area contributed by atoms with Gasteiger partial charge in [0.25, 0.3) is 0 Å². The number of nitrogens with one attached hydrogen (secondary N) is 2. The second kappa shape index (κ2) is 13.3. The maximum atomic E-state index is 13.0. The van der Waals surface area contributed by atoms with Gasteiger partial charge in [0.05, 0.1) is 6.04 Å². The van der Waals surface area contributed by atoms with Crippen LogP contribution in [0.4, 0.5) is 0 Å². The Morgan fingerprint density at radius 2 is 1.75 bits per heavy atom. The number of nitrogens with two attached hydrogens (primary N) is 1. The van der Waals surface area contributed by atoms with E-state index in [4.69, 9.17) is 10.8 Å². The van der Waals surface area contributed by atoms with E-state index in [1.165, 1.54) is 16.7 Å². The summed E-state index contributed by atoms with van der Waals surface area (Å²) in [7, 11) is 0. The third-order valence-electron chi connectivity index (χ3n) is 5.30. The van der Waals surface area contributed by atoms with Gasteiger partial charge in [-0.15, -0.1) is 0 Å². The van der Waals surface area contributed by atoms with E-state index in [1.807, 2.05) is 6.26 Å². The number of hydrogen-bond acceptors (Lipinski definition) is 7. The quantitative estimate of drug-likeness (QED) is 0.238. The average molecular weight is 475 g/mol. The smallest absolute Gasteiger partial charge is 0.326 e. The number of carboxylic acid groups (broad SMARTS) is 2. The summed E-state index contributed by atoms with van der Waals surface area (Å²) in [6.45, 7) is 3.74. The molecule has 3 amide bonds. The van der Waals surface area contributed by atoms with E-state index in [-0.39, 0.29) is 18.8 Å². The number of carbonyl (C=O) groups is 5. The molecular weight excluding hydrogens is 440 g/mol. The highest BCUT2D eigenvalue weighted by Gasteiger charge is 2.38. The summed E-state index contributed by atoms with van der Waals surface area (Å²) in [5.41, 5.74) is 5.73. The standard InChI is InChI=1S/C20H34N4O7S/c1-11(2)16(23-17(27)12(21)6-7-15(25)26)18(28)22-13(8-10-32-3)19(29)24-9-4-5-14(24)20(30)31/h11-14,16H,4-10,21H2,1-3H3,(H,22,28)(H,23,27)(H,25,26)(H,30,31). The zero-order chi connectivity index (χ0) is 24.4. The number of thioether (sulfide) groups is 1. The molecule has 0 spiro atoms. The molecular formula is C20H34N4O7S. The summed E-state index contributed by atoms with van der Waals surface area (Å²) >= 11 is 1.49. The fourth-order valence-electron chi connectivity index (χ4n) is 3.45. The van der Waals surface area contributed by atoms with Gasteiger partial charge in [0.1, 0.15) is 18.1 Å². The summed E-state index contributed by atoms with van der Waals surface area (Å²) in [4.78, 5) is 61.8. The molecule has 11 nitrogen and oxygen atoms in total. The fraction of sp³-hybridized carbons (Fsp3) is 0.750. The van der Waals surface area contributed by atoms with Gasteiger partial charge in [-0.3, -0.25) is 19.2 Å². The zero-order valence-electron chi connectivity index (χ0n) is 18.7. The minimum absolute atomic E-state index is 0.0754. The lowest BCUT2D eigenvalue weighted by molar-refractivity contribution is -0.149. The molecule has 1 aliphatic rings. The lowest BCUT2D eigenvalue weighted by atomic mass is 10.0. The average Bonchev–Trinajstić information content (AvgIpc) is 3.22. The lowest BCUT2D eigenvalue weighted by Gasteiger charge is -2.29. The van der Waals surface area contributed by atoms with Crippen molar-refractivity contribution in [3.63, 3.8) is 0 Å². The molecule has 0 radical (unpaired) electrons. The summed E-state index contributed by atoms with van der Waals surface area (Å²) in [6, 6.07) is -3.91. The monoisotopic (exact) mass is 474 g/mol. The van der Waals surface area contributed by atoms with Crippen LogP contribution in [0.2, 0.25) is 0 Å². The second-order valence-corrected chi connectivity index (χ2v) is 9.13. The molecule has 0 aliphatic carbocycles. The van der Waals surface area contributed by atoms with E-state index in [0.29, 0.717) is 31.6 Å². The van der Waals surface area contributed by atoms with Crippen LogP contribution in [0.15, 0.2) is 0 Å². The van der Waals surface area contributed by atoms with Crippen molar-refractivity contribution in [2.75, 3.05) is 18.6 Å². The molecule has 1 aliphatic heterocycles. The highest BCUT2D eigenvalue weighted by Crippen LogP contribution is 2.20. The summed E-state index contributed by atoms with van der Waals surface area (Å²) in [6.07, 6.45) is 2.75. The number of carboxylic acids is 2. The normalized spacial score (nSPS) is 18.7. The van der Waals surface area contributed by atoms with Crippen LogP contribution in [0.1, 0.15) is 46.0 Å². The highest BCUT2D eigenvalue weighted by molar-refractivity contribution is 7.98. The van der Waals surface area contributed by atoms with Crippen LogP contribution >= 0.6 is 11.8 Å². The Balaban J connectivity index is 2.90. The van der Waals surface area contributed by atoms with E-state index in [2.05, 4.69) is 10.6 Å². The van der Waals surface area contributed by atoms with E-state index >= 15 is 0 Å². The number of likely N-dealkylation sites (tertiary alicyclic amines) is 1. The molecule has 1 fully saturated rings. The van der Waals surface area contributed by atoms with Crippen molar-refractivity contribution in [1.29, 1.82) is 0 Å². The molecule has 4 atom stereocenters. The fourth-order valence-corrected chi connectivity index (χ4v) is 3.92. The maximum Gasteiger partial charge on any atom is 0.326 e. The zero-order valence-corrected chi connectivity index (χ0v) is 19.5. The van der Waals surface area contributed by atoms with E-state index in [9.17, 15) is 29.1 Å². The van der Waals surface area contributed by atoms with Crippen molar-refractivity contribution in [1.82, 2.24) is 15.5 Å². The Bertz CT molecular complexity index is 703. The van der Waals surface area contributed by atoms with Gasteiger partial charge >= 0.3 is 11.9 Å². The van der Waals surface area contributed by atoms with Gasteiger partial charge in [-0.25, -0.2) is 4.79 Å². The Kier molecular flexibility index (Phi) is 11.5. The van der Waals surface area contributed by atoms with Gasteiger partial charge in [-0.1, -0.05) is 13.8 Å². The van der Waals surface area contributed by atoms with Crippen LogP contribution in [0.25, 0.3) is 0 Å². The van der Waals surface area contributed by atoms with Gasteiger partial charge < -0.3 is 31.5 Å². The van der Waals surface area contributed by atoms with Crippen molar-refractivity contribution in [3.05, 3.63) is 0 Å². The van der Waals surface area contributed by atoms with Gasteiger partial charge in [0.2, 0.25) is 17.7 Å². The van der Waals surface area contributed by atoms with Crippen LogP contribution in [0, 0.1) is 5.92 Å². The van der Waals surface area contributed by atoms with Gasteiger partial charge in [-0.2, -0.15) is 11.8 Å². The Hall–Kier alpha value is -2.34. The highest BCUT2D eigenvalue weighted by atomic mass is 32.2. The van der Waals surface area contributed by atoms with Crippen molar-refractivity contribution in [2.24, 2.45) is 11.7 Å². The number of hydrogen-bond donors (Lipinski definition) is 5. The predicted octanol–water partition coefficient (Wildman–Crippen LogP) is -0.367. The van der Waals surface area contributed by atoms with Crippen molar-refractivity contribution >= 4 is 41.4 Å². The summed E-state index contributed by atoms with van der Waals surface area (Å²) in [5.74, 6) is -3.61. The summed E-state index contributed by atoms with van der Waals surface area (Å²) in [5, 5.41) is 23.3. The molecule has 1 saturated heterocycles. The minimum atomic E-state index is -1.09. The second-order valence-electron chi connectivity index (χ2n) is 8.14. The molecule has 0 aromatic rings. The van der Waals surface area contributed by atoms with Crippen molar-refractivity contribution in [3.8, 4) is 0 Å². The molecule has 6 N–H and O–H groups in total. The first-order chi connectivity index (χ1) is 15.0. The minimum Gasteiger partial charge on any atom is -0.481 e. The third kappa shape index (κ3) is 8.30. The third-order valence-corrected chi connectivity index (χ3v) is 5.94. The topological polar surface area (TPSA) is 179 Å². The SMILES string of the molecule is CSCCC(NC(=O)C(NC(=O)C(N)CCC(=O)O)C(C)C)C(=O)N1CCCC1C(=O)O. The molecule has 0 saturated carbocycles. The molecule has 0 aromatic heterocycles. The van der Waals surface area contributed by atoms with Gasteiger partial charge in [-0.05, 0) is 43.6 Å². The Labute approximate surface area is 191 Å². The molecule has 4 unspecified atom stereocenters. The molecule has 12 heteroatoms. The first-order valence-corrected chi connectivity index (χ1v) is 12.0. The summed E-state index contributed by atoms with van der Waals surface area (Å²) < 4.78 is 0. The Morgan fingerprint density at radius 1 is 1.09 bits per heavy atom. The van der Waals surface area contributed by atoms with Gasteiger partial charge in [0.15, 0.2) is 0 Å². The molecule has 0 bridgehead atoms. The van der Waals surface area contributed by atoms with Gasteiger partial charge in [0, 0.05) is 13.0 Å². The lowest BCUT2D eigenvalue weighted by Crippen LogP contribution is -2.58. The van der Waals surface area contributed by atoms with Crippen molar-refractivity contribution in [2.45, 2.75) is 70.1 Å². The number of carbonyl (C=O) groups excluding carboxylic acids is 3. The van der Waals surface area contributed by atoms with Crippen LogP contribution in [-0.2, 0) is 24.0 Å². The van der Waals surface area contributed by atoms with Crippen LogP contribution in [-0.4, -0.2) is 87.5 Å². The molecule has 32 heavy (non-hydrogen) atoms. The predicted molar refractivity (Wildman–Crippen MR) is 119 cm³/mol. The van der Waals surface area contributed by atoms with E-state index in [0.717, 1.165) is 0 Å². The number of aliphatic carboxylic acids is 2. The number of rotatable bonds is 13. The number of nitrogens with zero attached hydrogens (tertiary/aromatic N) is 1. The first kappa shape index (κ1) is 27.7.